The SMILES string of the molecule is Clc1cccc(Cl)c1NCc1cccc2ccccc12. The van der Waals surface area contributed by atoms with Crippen molar-refractivity contribution < 1.29 is 0 Å². The lowest BCUT2D eigenvalue weighted by atomic mass is 10.0. The molecule has 0 bridgehead atoms. The van der Waals surface area contributed by atoms with Crippen molar-refractivity contribution in [3.05, 3.63) is 76.3 Å². The number of anilines is 1. The van der Waals surface area contributed by atoms with E-state index in [2.05, 4.69) is 35.6 Å². The van der Waals surface area contributed by atoms with Crippen LogP contribution < -0.4 is 5.32 Å². The molecule has 0 saturated carbocycles. The minimum atomic E-state index is 0.637. The molecular weight excluding hydrogens is 289 g/mol. The van der Waals surface area contributed by atoms with Crippen LogP contribution in [-0.2, 0) is 6.54 Å². The summed E-state index contributed by atoms with van der Waals surface area (Å²) in [6, 6.07) is 20.1. The molecule has 0 unspecified atom stereocenters. The van der Waals surface area contributed by atoms with E-state index < -0.39 is 0 Å². The van der Waals surface area contributed by atoms with Gasteiger partial charge >= 0.3 is 0 Å². The van der Waals surface area contributed by atoms with Crippen LogP contribution in [0.15, 0.2) is 60.7 Å². The van der Waals surface area contributed by atoms with Gasteiger partial charge in [0.15, 0.2) is 0 Å². The second-order valence-electron chi connectivity index (χ2n) is 4.59. The number of para-hydroxylation sites is 1. The van der Waals surface area contributed by atoms with Gasteiger partial charge in [0, 0.05) is 6.54 Å². The van der Waals surface area contributed by atoms with E-state index >= 15 is 0 Å². The van der Waals surface area contributed by atoms with Crippen LogP contribution in [0.5, 0.6) is 0 Å². The van der Waals surface area contributed by atoms with E-state index in [4.69, 9.17) is 23.2 Å². The lowest BCUT2D eigenvalue weighted by Gasteiger charge is -2.12. The largest absolute Gasteiger partial charge is 0.379 e. The highest BCUT2D eigenvalue weighted by Crippen LogP contribution is 2.30. The van der Waals surface area contributed by atoms with Gasteiger partial charge < -0.3 is 5.32 Å². The Morgan fingerprint density at radius 1 is 0.750 bits per heavy atom. The van der Waals surface area contributed by atoms with E-state index in [0.717, 1.165) is 5.69 Å². The second-order valence-corrected chi connectivity index (χ2v) is 5.40. The van der Waals surface area contributed by atoms with Gasteiger partial charge in [-0.05, 0) is 28.5 Å². The summed E-state index contributed by atoms with van der Waals surface area (Å²) in [6.45, 7) is 0.685. The first-order valence-electron chi connectivity index (χ1n) is 6.40. The van der Waals surface area contributed by atoms with Crippen LogP contribution in [0.1, 0.15) is 5.56 Å². The molecule has 1 nitrogen and oxygen atoms in total. The molecule has 3 heteroatoms. The van der Waals surface area contributed by atoms with Crippen molar-refractivity contribution in [3.63, 3.8) is 0 Å². The zero-order valence-electron chi connectivity index (χ0n) is 10.7. The third-order valence-electron chi connectivity index (χ3n) is 3.30. The number of hydrogen-bond acceptors (Lipinski definition) is 1. The summed E-state index contributed by atoms with van der Waals surface area (Å²) < 4.78 is 0. The molecule has 0 radical (unpaired) electrons. The fraction of sp³-hybridized carbons (Fsp3) is 0.0588. The number of fused-ring (bicyclic) bond motifs is 1. The minimum absolute atomic E-state index is 0.637. The summed E-state index contributed by atoms with van der Waals surface area (Å²) in [5.74, 6) is 0. The molecule has 0 aromatic heterocycles. The van der Waals surface area contributed by atoms with Crippen LogP contribution >= 0.6 is 23.2 Å². The van der Waals surface area contributed by atoms with Gasteiger partial charge in [0.2, 0.25) is 0 Å². The molecule has 20 heavy (non-hydrogen) atoms. The predicted octanol–water partition coefficient (Wildman–Crippen LogP) is 5.76. The number of halogens is 2. The minimum Gasteiger partial charge on any atom is -0.379 e. The highest BCUT2D eigenvalue weighted by Gasteiger charge is 2.06. The monoisotopic (exact) mass is 301 g/mol. The number of benzene rings is 3. The first-order chi connectivity index (χ1) is 9.75. The maximum absolute atomic E-state index is 6.17. The molecule has 3 rings (SSSR count). The Hall–Kier alpha value is -1.70. The average molecular weight is 302 g/mol. The second kappa shape index (κ2) is 5.74. The Balaban J connectivity index is 1.91. The number of hydrogen-bond donors (Lipinski definition) is 1. The van der Waals surface area contributed by atoms with Gasteiger partial charge in [-0.25, -0.2) is 0 Å². The van der Waals surface area contributed by atoms with Crippen molar-refractivity contribution in [2.24, 2.45) is 0 Å². The maximum atomic E-state index is 6.17. The van der Waals surface area contributed by atoms with E-state index in [1.165, 1.54) is 16.3 Å². The molecule has 0 aliphatic rings. The van der Waals surface area contributed by atoms with E-state index in [0.29, 0.717) is 16.6 Å². The van der Waals surface area contributed by atoms with Crippen LogP contribution in [0.4, 0.5) is 5.69 Å². The zero-order chi connectivity index (χ0) is 13.9. The fourth-order valence-corrected chi connectivity index (χ4v) is 2.83. The summed E-state index contributed by atoms with van der Waals surface area (Å²) >= 11 is 12.3. The van der Waals surface area contributed by atoms with Gasteiger partial charge in [0.1, 0.15) is 0 Å². The van der Waals surface area contributed by atoms with Crippen molar-refractivity contribution in [2.45, 2.75) is 6.54 Å². The third-order valence-corrected chi connectivity index (χ3v) is 3.93. The quantitative estimate of drug-likeness (QED) is 0.648. The molecular formula is C17H13Cl2N. The van der Waals surface area contributed by atoms with Crippen molar-refractivity contribution in [3.8, 4) is 0 Å². The van der Waals surface area contributed by atoms with E-state index in [9.17, 15) is 0 Å². The van der Waals surface area contributed by atoms with Crippen LogP contribution in [0.2, 0.25) is 10.0 Å². The van der Waals surface area contributed by atoms with Gasteiger partial charge in [0.25, 0.3) is 0 Å². The van der Waals surface area contributed by atoms with Crippen molar-refractivity contribution in [2.75, 3.05) is 5.32 Å². The molecule has 100 valence electrons. The smallest absolute Gasteiger partial charge is 0.0721 e. The Labute approximate surface area is 128 Å². The summed E-state index contributed by atoms with van der Waals surface area (Å²) in [5, 5.41) is 7.07. The normalized spacial score (nSPS) is 10.7. The molecule has 3 aromatic rings. The van der Waals surface area contributed by atoms with Crippen LogP contribution in [0, 0.1) is 0 Å². The lowest BCUT2D eigenvalue weighted by Crippen LogP contribution is -2.01. The summed E-state index contributed by atoms with van der Waals surface area (Å²) in [4.78, 5) is 0. The molecule has 0 spiro atoms. The fourth-order valence-electron chi connectivity index (χ4n) is 2.30. The highest BCUT2D eigenvalue weighted by atomic mass is 35.5. The molecule has 0 aliphatic heterocycles. The summed E-state index contributed by atoms with van der Waals surface area (Å²) in [7, 11) is 0. The van der Waals surface area contributed by atoms with Crippen molar-refractivity contribution in [1.82, 2.24) is 0 Å². The topological polar surface area (TPSA) is 12.0 Å². The summed E-state index contributed by atoms with van der Waals surface area (Å²) in [5.41, 5.74) is 2.00. The Bertz CT molecular complexity index is 727. The average Bonchev–Trinajstić information content (AvgIpc) is 2.47. The van der Waals surface area contributed by atoms with Crippen molar-refractivity contribution >= 4 is 39.7 Å². The lowest BCUT2D eigenvalue weighted by molar-refractivity contribution is 1.17. The van der Waals surface area contributed by atoms with E-state index in [1.54, 1.807) is 0 Å². The molecule has 3 aromatic carbocycles. The van der Waals surface area contributed by atoms with E-state index in [1.807, 2.05) is 30.3 Å². The molecule has 0 heterocycles. The van der Waals surface area contributed by atoms with Gasteiger partial charge in [-0.2, -0.15) is 0 Å². The Morgan fingerprint density at radius 3 is 2.20 bits per heavy atom. The maximum Gasteiger partial charge on any atom is 0.0721 e. The Kier molecular flexibility index (Phi) is 3.81. The van der Waals surface area contributed by atoms with Gasteiger partial charge in [-0.3, -0.25) is 0 Å². The molecule has 0 saturated heterocycles. The standard InChI is InChI=1S/C17H13Cl2N/c18-15-9-4-10-16(19)17(15)20-11-13-7-3-6-12-5-1-2-8-14(12)13/h1-10,20H,11H2. The highest BCUT2D eigenvalue weighted by molar-refractivity contribution is 6.39. The van der Waals surface area contributed by atoms with Gasteiger partial charge in [-0.1, -0.05) is 71.7 Å². The van der Waals surface area contributed by atoms with Crippen LogP contribution in [0.3, 0.4) is 0 Å². The number of nitrogens with one attached hydrogen (secondary N) is 1. The van der Waals surface area contributed by atoms with Gasteiger partial charge in [0.05, 0.1) is 15.7 Å². The third kappa shape index (κ3) is 2.60. The molecule has 1 N–H and O–H groups in total. The van der Waals surface area contributed by atoms with E-state index in [-0.39, 0.29) is 0 Å². The first-order valence-corrected chi connectivity index (χ1v) is 7.16. The molecule has 0 amide bonds. The molecule has 0 aliphatic carbocycles. The van der Waals surface area contributed by atoms with Gasteiger partial charge in [-0.15, -0.1) is 0 Å². The van der Waals surface area contributed by atoms with Crippen molar-refractivity contribution in [1.29, 1.82) is 0 Å². The van der Waals surface area contributed by atoms with Crippen LogP contribution in [-0.4, -0.2) is 0 Å². The first kappa shape index (κ1) is 13.3. The van der Waals surface area contributed by atoms with Crippen LogP contribution in [0.25, 0.3) is 10.8 Å². The molecule has 0 atom stereocenters. The summed E-state index contributed by atoms with van der Waals surface area (Å²) in [6.07, 6.45) is 0. The Morgan fingerprint density at radius 2 is 1.40 bits per heavy atom. The predicted molar refractivity (Wildman–Crippen MR) is 87.7 cm³/mol. The number of rotatable bonds is 3. The zero-order valence-corrected chi connectivity index (χ0v) is 12.2. The molecule has 0 fully saturated rings.